The Morgan fingerprint density at radius 1 is 1.15 bits per heavy atom. The smallest absolute Gasteiger partial charge is 0.275 e. The number of likely N-dealkylation sites (N-methyl/N-ethyl adjacent to an activating group) is 1. The molecule has 1 aliphatic heterocycles. The predicted octanol–water partition coefficient (Wildman–Crippen LogP) is -2.55. The van der Waals surface area contributed by atoms with E-state index >= 15 is 0 Å². The Hall–Kier alpha value is -2.17. The first-order valence-corrected chi connectivity index (χ1v) is 9.76. The molecule has 2 rings (SSSR count). The molecule has 0 atom stereocenters. The fraction of sp³-hybridized carbons (Fsp3) is 0.500. The molecule has 10 heteroatoms. The lowest BCUT2D eigenvalue weighted by Gasteiger charge is -2.31. The summed E-state index contributed by atoms with van der Waals surface area (Å²) in [4.78, 5) is 24.2. The molecule has 0 spiro atoms. The first-order chi connectivity index (χ1) is 12.4. The molecular weight excluding hydrogens is 360 g/mol. The quantitative estimate of drug-likeness (QED) is 0.479. The van der Waals surface area contributed by atoms with Gasteiger partial charge in [-0.05, 0) is 24.3 Å². The van der Waals surface area contributed by atoms with Gasteiger partial charge in [0.15, 0.2) is 6.54 Å². The van der Waals surface area contributed by atoms with Gasteiger partial charge in [0.2, 0.25) is 15.9 Å². The number of ether oxygens (including phenoxy) is 1. The van der Waals surface area contributed by atoms with Crippen LogP contribution >= 0.6 is 0 Å². The third kappa shape index (κ3) is 5.16. The van der Waals surface area contributed by atoms with E-state index in [1.165, 1.54) is 30.6 Å². The van der Waals surface area contributed by atoms with Crippen molar-refractivity contribution in [3.8, 4) is 5.75 Å². The molecule has 0 aliphatic carbocycles. The van der Waals surface area contributed by atoms with Gasteiger partial charge in [-0.3, -0.25) is 9.59 Å². The number of nitrogens with one attached hydrogen (secondary N) is 3. The molecule has 2 amide bonds. The Balaban J connectivity index is 1.86. The summed E-state index contributed by atoms with van der Waals surface area (Å²) in [5.41, 5.74) is 0. The molecular formula is C16H25N4O5S+. The lowest BCUT2D eigenvalue weighted by atomic mass is 10.3. The summed E-state index contributed by atoms with van der Waals surface area (Å²) in [5.74, 6) is 0.111. The highest BCUT2D eigenvalue weighted by atomic mass is 32.2. The number of sulfonamides is 1. The molecule has 3 N–H and O–H groups in total. The summed E-state index contributed by atoms with van der Waals surface area (Å²) in [6, 6.07) is 6.29. The van der Waals surface area contributed by atoms with Gasteiger partial charge in [0.05, 0.1) is 44.7 Å². The summed E-state index contributed by atoms with van der Waals surface area (Å²) in [5, 5.41) is 4.97. The van der Waals surface area contributed by atoms with E-state index in [-0.39, 0.29) is 29.8 Å². The minimum Gasteiger partial charge on any atom is -0.497 e. The van der Waals surface area contributed by atoms with E-state index in [9.17, 15) is 18.0 Å². The number of amides is 2. The van der Waals surface area contributed by atoms with Crippen molar-refractivity contribution in [1.82, 2.24) is 14.9 Å². The molecule has 9 nitrogen and oxygen atoms in total. The highest BCUT2D eigenvalue weighted by Gasteiger charge is 2.31. The average molecular weight is 385 g/mol. The van der Waals surface area contributed by atoms with Crippen LogP contribution in [0.2, 0.25) is 0 Å². The van der Waals surface area contributed by atoms with Gasteiger partial charge in [-0.15, -0.1) is 0 Å². The van der Waals surface area contributed by atoms with Gasteiger partial charge in [0.25, 0.3) is 5.91 Å². The third-order valence-electron chi connectivity index (χ3n) is 4.26. The number of piperazine rings is 1. The first kappa shape index (κ1) is 20.1. The van der Waals surface area contributed by atoms with E-state index in [1.54, 1.807) is 12.1 Å². The lowest BCUT2D eigenvalue weighted by Crippen LogP contribution is -3.15. The maximum absolute atomic E-state index is 12.7. The molecule has 1 saturated heterocycles. The van der Waals surface area contributed by atoms with Crippen LogP contribution in [-0.4, -0.2) is 78.0 Å². The van der Waals surface area contributed by atoms with Gasteiger partial charge in [0, 0.05) is 7.05 Å². The van der Waals surface area contributed by atoms with Gasteiger partial charge in [0.1, 0.15) is 5.75 Å². The zero-order valence-electron chi connectivity index (χ0n) is 14.9. The Morgan fingerprint density at radius 2 is 1.77 bits per heavy atom. The molecule has 0 radical (unpaired) electrons. The van der Waals surface area contributed by atoms with Crippen molar-refractivity contribution in [2.45, 2.75) is 4.90 Å². The molecule has 1 fully saturated rings. The van der Waals surface area contributed by atoms with Gasteiger partial charge < -0.3 is 20.3 Å². The van der Waals surface area contributed by atoms with Crippen molar-refractivity contribution < 1.29 is 27.6 Å². The highest BCUT2D eigenvalue weighted by molar-refractivity contribution is 7.89. The third-order valence-corrected chi connectivity index (χ3v) is 6.18. The molecule has 1 heterocycles. The van der Waals surface area contributed by atoms with E-state index in [0.717, 1.165) is 4.90 Å². The Morgan fingerprint density at radius 3 is 2.31 bits per heavy atom. The largest absolute Gasteiger partial charge is 0.497 e. The van der Waals surface area contributed by atoms with Gasteiger partial charge >= 0.3 is 0 Å². The lowest BCUT2D eigenvalue weighted by molar-refractivity contribution is -0.895. The number of hydrogen-bond acceptors (Lipinski definition) is 5. The number of carbonyl (C=O) groups excluding carboxylic acids is 2. The average Bonchev–Trinajstić information content (AvgIpc) is 2.66. The van der Waals surface area contributed by atoms with Gasteiger partial charge in [-0.1, -0.05) is 0 Å². The standard InChI is InChI=1S/C16H24N4O5S/c1-17-15(21)11-18-16(22)12-19-7-9-20(10-8-19)26(23,24)14-5-3-13(25-2)4-6-14/h3-6H,7-12H2,1-2H3,(H,17,21)(H,18,22)/p+1. The van der Waals surface area contributed by atoms with Crippen LogP contribution < -0.4 is 20.3 Å². The van der Waals surface area contributed by atoms with Crippen molar-refractivity contribution >= 4 is 21.8 Å². The minimum absolute atomic E-state index is 0.0550. The Kier molecular flexibility index (Phi) is 6.95. The fourth-order valence-corrected chi connectivity index (χ4v) is 4.11. The molecule has 26 heavy (non-hydrogen) atoms. The van der Waals surface area contributed by atoms with Crippen LogP contribution in [0.3, 0.4) is 0 Å². The molecule has 1 aromatic carbocycles. The minimum atomic E-state index is -3.55. The van der Waals surface area contributed by atoms with Crippen molar-refractivity contribution in [2.75, 3.05) is 53.4 Å². The molecule has 0 bridgehead atoms. The zero-order chi connectivity index (χ0) is 19.2. The zero-order valence-corrected chi connectivity index (χ0v) is 15.8. The van der Waals surface area contributed by atoms with Crippen LogP contribution in [0.15, 0.2) is 29.2 Å². The summed E-state index contributed by atoms with van der Waals surface area (Å²) < 4.78 is 31.8. The topological polar surface area (TPSA) is 109 Å². The van der Waals surface area contributed by atoms with Gasteiger partial charge in [-0.2, -0.15) is 4.31 Å². The second-order valence-corrected chi connectivity index (χ2v) is 7.89. The van der Waals surface area contributed by atoms with E-state index in [2.05, 4.69) is 10.6 Å². The fourth-order valence-electron chi connectivity index (χ4n) is 2.67. The molecule has 1 aromatic rings. The van der Waals surface area contributed by atoms with Crippen LogP contribution in [0.25, 0.3) is 0 Å². The number of rotatable bonds is 7. The number of carbonyl (C=O) groups is 2. The van der Waals surface area contributed by atoms with E-state index < -0.39 is 10.0 Å². The number of benzene rings is 1. The van der Waals surface area contributed by atoms with Crippen molar-refractivity contribution in [2.24, 2.45) is 0 Å². The maximum Gasteiger partial charge on any atom is 0.275 e. The summed E-state index contributed by atoms with van der Waals surface area (Å²) in [7, 11) is -0.526. The Labute approximate surface area is 153 Å². The van der Waals surface area contributed by atoms with Crippen molar-refractivity contribution in [3.63, 3.8) is 0 Å². The second-order valence-electron chi connectivity index (χ2n) is 5.96. The van der Waals surface area contributed by atoms with E-state index in [4.69, 9.17) is 4.74 Å². The monoisotopic (exact) mass is 385 g/mol. The van der Waals surface area contributed by atoms with Crippen molar-refractivity contribution in [1.29, 1.82) is 0 Å². The molecule has 0 saturated carbocycles. The van der Waals surface area contributed by atoms with Crippen molar-refractivity contribution in [3.05, 3.63) is 24.3 Å². The number of quaternary nitrogens is 1. The van der Waals surface area contributed by atoms with Crippen LogP contribution in [0.4, 0.5) is 0 Å². The number of methoxy groups -OCH3 is 1. The van der Waals surface area contributed by atoms with E-state index in [1.807, 2.05) is 0 Å². The van der Waals surface area contributed by atoms with E-state index in [0.29, 0.717) is 31.9 Å². The first-order valence-electron chi connectivity index (χ1n) is 8.32. The van der Waals surface area contributed by atoms with Crippen LogP contribution in [-0.2, 0) is 19.6 Å². The predicted molar refractivity (Wildman–Crippen MR) is 94.4 cm³/mol. The van der Waals surface area contributed by atoms with Crippen LogP contribution in [0, 0.1) is 0 Å². The summed E-state index contributed by atoms with van der Waals surface area (Å²) in [6.07, 6.45) is 0. The van der Waals surface area contributed by atoms with Crippen LogP contribution in [0.1, 0.15) is 0 Å². The maximum atomic E-state index is 12.7. The number of hydrogen-bond donors (Lipinski definition) is 3. The second kappa shape index (κ2) is 8.97. The van der Waals surface area contributed by atoms with Gasteiger partial charge in [-0.25, -0.2) is 8.42 Å². The Bertz CT molecular complexity index is 728. The normalized spacial score (nSPS) is 16.1. The molecule has 0 unspecified atom stereocenters. The molecule has 1 aliphatic rings. The molecule has 144 valence electrons. The molecule has 0 aromatic heterocycles. The SMILES string of the molecule is CNC(=O)CNC(=O)C[NH+]1CCN(S(=O)(=O)c2ccc(OC)cc2)CC1. The highest BCUT2D eigenvalue weighted by Crippen LogP contribution is 2.19. The number of nitrogens with zero attached hydrogens (tertiary/aromatic N) is 1. The summed E-state index contributed by atoms with van der Waals surface area (Å²) in [6.45, 7) is 1.90. The summed E-state index contributed by atoms with van der Waals surface area (Å²) >= 11 is 0. The van der Waals surface area contributed by atoms with Crippen LogP contribution in [0.5, 0.6) is 5.75 Å².